The SMILES string of the molecule is CCNC(=NCc1cccc(S(=O)(=O)NC)c1)N1CCC(Cc2ccccc2)C1. The van der Waals surface area contributed by atoms with E-state index in [1.807, 2.05) is 6.07 Å². The number of nitrogens with zero attached hydrogens (tertiary/aromatic N) is 2. The fourth-order valence-electron chi connectivity index (χ4n) is 3.66. The van der Waals surface area contributed by atoms with E-state index in [4.69, 9.17) is 4.99 Å². The second-order valence-electron chi connectivity index (χ2n) is 7.32. The molecule has 0 spiro atoms. The summed E-state index contributed by atoms with van der Waals surface area (Å²) in [7, 11) is -2.03. The van der Waals surface area contributed by atoms with Crippen LogP contribution in [0.4, 0.5) is 0 Å². The molecule has 1 fully saturated rings. The Balaban J connectivity index is 1.67. The van der Waals surface area contributed by atoms with Crippen LogP contribution in [-0.4, -0.2) is 46.0 Å². The molecular weight excluding hydrogens is 384 g/mol. The predicted molar refractivity (Wildman–Crippen MR) is 117 cm³/mol. The lowest BCUT2D eigenvalue weighted by Crippen LogP contribution is -2.40. The van der Waals surface area contributed by atoms with Crippen LogP contribution in [-0.2, 0) is 23.0 Å². The van der Waals surface area contributed by atoms with Gasteiger partial charge in [0.25, 0.3) is 0 Å². The summed E-state index contributed by atoms with van der Waals surface area (Å²) in [4.78, 5) is 7.35. The Bertz CT molecular complexity index is 929. The van der Waals surface area contributed by atoms with Crippen molar-refractivity contribution in [2.75, 3.05) is 26.7 Å². The van der Waals surface area contributed by atoms with E-state index in [0.717, 1.165) is 44.0 Å². The molecule has 7 heteroatoms. The average molecular weight is 415 g/mol. The molecule has 0 radical (unpaired) electrons. The molecule has 2 aromatic carbocycles. The number of benzene rings is 2. The van der Waals surface area contributed by atoms with Gasteiger partial charge >= 0.3 is 0 Å². The molecule has 6 nitrogen and oxygen atoms in total. The van der Waals surface area contributed by atoms with Crippen LogP contribution in [0.3, 0.4) is 0 Å². The molecule has 2 aromatic rings. The van der Waals surface area contributed by atoms with Gasteiger partial charge in [-0.3, -0.25) is 0 Å². The molecule has 3 rings (SSSR count). The number of guanidine groups is 1. The Morgan fingerprint density at radius 2 is 1.90 bits per heavy atom. The third-order valence-electron chi connectivity index (χ3n) is 5.18. The van der Waals surface area contributed by atoms with Gasteiger partial charge in [0, 0.05) is 19.6 Å². The van der Waals surface area contributed by atoms with Crippen LogP contribution in [0.15, 0.2) is 64.5 Å². The first-order chi connectivity index (χ1) is 14.0. The van der Waals surface area contributed by atoms with E-state index in [2.05, 4.69) is 52.2 Å². The van der Waals surface area contributed by atoms with Gasteiger partial charge in [0.2, 0.25) is 10.0 Å². The zero-order valence-corrected chi connectivity index (χ0v) is 18.0. The first kappa shape index (κ1) is 21.3. The van der Waals surface area contributed by atoms with Crippen molar-refractivity contribution in [1.29, 1.82) is 0 Å². The molecule has 2 N–H and O–H groups in total. The number of hydrogen-bond donors (Lipinski definition) is 2. The second-order valence-corrected chi connectivity index (χ2v) is 9.20. The van der Waals surface area contributed by atoms with Gasteiger partial charge in [-0.25, -0.2) is 18.1 Å². The molecule has 1 unspecified atom stereocenters. The summed E-state index contributed by atoms with van der Waals surface area (Å²) in [5, 5.41) is 3.38. The van der Waals surface area contributed by atoms with Crippen LogP contribution in [0.5, 0.6) is 0 Å². The minimum absolute atomic E-state index is 0.266. The van der Waals surface area contributed by atoms with Crippen molar-refractivity contribution in [3.63, 3.8) is 0 Å². The number of nitrogens with one attached hydrogen (secondary N) is 2. The largest absolute Gasteiger partial charge is 0.357 e. The lowest BCUT2D eigenvalue weighted by molar-refractivity contribution is 0.460. The first-order valence-electron chi connectivity index (χ1n) is 10.1. The highest BCUT2D eigenvalue weighted by Crippen LogP contribution is 2.21. The fraction of sp³-hybridized carbons (Fsp3) is 0.409. The first-order valence-corrected chi connectivity index (χ1v) is 11.6. The van der Waals surface area contributed by atoms with Crippen molar-refractivity contribution in [1.82, 2.24) is 14.9 Å². The highest BCUT2D eigenvalue weighted by molar-refractivity contribution is 7.89. The summed E-state index contributed by atoms with van der Waals surface area (Å²) < 4.78 is 26.4. The molecule has 0 bridgehead atoms. The van der Waals surface area contributed by atoms with E-state index in [1.54, 1.807) is 18.2 Å². The summed E-state index contributed by atoms with van der Waals surface area (Å²) >= 11 is 0. The van der Waals surface area contributed by atoms with Gasteiger partial charge in [-0.15, -0.1) is 0 Å². The normalized spacial score (nSPS) is 17.5. The summed E-state index contributed by atoms with van der Waals surface area (Å²) in [6, 6.07) is 17.6. The maximum atomic E-state index is 12.0. The third-order valence-corrected chi connectivity index (χ3v) is 6.59. The van der Waals surface area contributed by atoms with E-state index < -0.39 is 10.0 Å². The maximum absolute atomic E-state index is 12.0. The van der Waals surface area contributed by atoms with Crippen LogP contribution in [0.1, 0.15) is 24.5 Å². The average Bonchev–Trinajstić information content (AvgIpc) is 3.20. The van der Waals surface area contributed by atoms with Crippen LogP contribution < -0.4 is 10.0 Å². The summed E-state index contributed by atoms with van der Waals surface area (Å²) in [5.41, 5.74) is 2.25. The van der Waals surface area contributed by atoms with Gasteiger partial charge in [-0.1, -0.05) is 42.5 Å². The molecular formula is C22H30N4O2S. The standard InChI is InChI=1S/C22H30N4O2S/c1-3-24-22(25-16-19-10-7-11-21(15-19)29(27,28)23-2)26-13-12-20(17-26)14-18-8-5-4-6-9-18/h4-11,15,20,23H,3,12-14,16-17H2,1-2H3,(H,24,25). The Kier molecular flexibility index (Phi) is 7.28. The summed E-state index contributed by atoms with van der Waals surface area (Å²) in [6.45, 7) is 5.27. The third kappa shape index (κ3) is 5.81. The highest BCUT2D eigenvalue weighted by Gasteiger charge is 2.25. The Morgan fingerprint density at radius 1 is 1.14 bits per heavy atom. The van der Waals surface area contributed by atoms with E-state index >= 15 is 0 Å². The van der Waals surface area contributed by atoms with Gasteiger partial charge in [0.1, 0.15) is 0 Å². The lowest BCUT2D eigenvalue weighted by Gasteiger charge is -2.22. The molecule has 0 amide bonds. The van der Waals surface area contributed by atoms with Crippen molar-refractivity contribution in [3.8, 4) is 0 Å². The van der Waals surface area contributed by atoms with Gasteiger partial charge in [0.15, 0.2) is 5.96 Å². The number of aliphatic imine (C=N–C) groups is 1. The minimum Gasteiger partial charge on any atom is -0.357 e. The Labute approximate surface area is 174 Å². The van der Waals surface area contributed by atoms with Crippen LogP contribution in [0.2, 0.25) is 0 Å². The van der Waals surface area contributed by atoms with Crippen LogP contribution in [0, 0.1) is 5.92 Å². The predicted octanol–water partition coefficient (Wildman–Crippen LogP) is 2.62. The topological polar surface area (TPSA) is 73.8 Å². The number of likely N-dealkylation sites (tertiary alicyclic amines) is 1. The van der Waals surface area contributed by atoms with Gasteiger partial charge in [-0.2, -0.15) is 0 Å². The Hall–Kier alpha value is -2.38. The molecule has 1 aliphatic rings. The van der Waals surface area contributed by atoms with Crippen molar-refractivity contribution in [2.24, 2.45) is 10.9 Å². The quantitative estimate of drug-likeness (QED) is 0.540. The molecule has 0 saturated carbocycles. The van der Waals surface area contributed by atoms with Gasteiger partial charge in [-0.05, 0) is 56.0 Å². The zero-order valence-electron chi connectivity index (χ0n) is 17.1. The van der Waals surface area contributed by atoms with Crippen molar-refractivity contribution >= 4 is 16.0 Å². The van der Waals surface area contributed by atoms with E-state index in [9.17, 15) is 8.42 Å². The number of rotatable bonds is 7. The van der Waals surface area contributed by atoms with E-state index in [-0.39, 0.29) is 4.90 Å². The number of hydrogen-bond acceptors (Lipinski definition) is 3. The fourth-order valence-corrected chi connectivity index (χ4v) is 4.46. The summed E-state index contributed by atoms with van der Waals surface area (Å²) in [5.74, 6) is 1.51. The molecule has 1 heterocycles. The molecule has 1 aliphatic heterocycles. The number of sulfonamides is 1. The molecule has 29 heavy (non-hydrogen) atoms. The van der Waals surface area contributed by atoms with E-state index in [0.29, 0.717) is 12.5 Å². The van der Waals surface area contributed by atoms with Gasteiger partial charge in [0.05, 0.1) is 11.4 Å². The van der Waals surface area contributed by atoms with Gasteiger partial charge < -0.3 is 10.2 Å². The molecule has 1 atom stereocenters. The molecule has 1 saturated heterocycles. The van der Waals surface area contributed by atoms with Crippen LogP contribution >= 0.6 is 0 Å². The Morgan fingerprint density at radius 3 is 2.62 bits per heavy atom. The highest BCUT2D eigenvalue weighted by atomic mass is 32.2. The minimum atomic E-state index is -3.45. The zero-order chi connectivity index (χ0) is 20.7. The second kappa shape index (κ2) is 9.89. The maximum Gasteiger partial charge on any atom is 0.240 e. The lowest BCUT2D eigenvalue weighted by atomic mass is 9.99. The smallest absolute Gasteiger partial charge is 0.240 e. The van der Waals surface area contributed by atoms with Crippen molar-refractivity contribution in [2.45, 2.75) is 31.2 Å². The summed E-state index contributed by atoms with van der Waals surface area (Å²) in [6.07, 6.45) is 2.23. The monoisotopic (exact) mass is 414 g/mol. The van der Waals surface area contributed by atoms with E-state index in [1.165, 1.54) is 12.6 Å². The van der Waals surface area contributed by atoms with Crippen molar-refractivity contribution < 1.29 is 8.42 Å². The van der Waals surface area contributed by atoms with Crippen LogP contribution in [0.25, 0.3) is 0 Å². The molecule has 0 aliphatic carbocycles. The molecule has 156 valence electrons. The molecule has 0 aromatic heterocycles. The van der Waals surface area contributed by atoms with Crippen molar-refractivity contribution in [3.05, 3.63) is 65.7 Å².